The van der Waals surface area contributed by atoms with Crippen LogP contribution < -0.4 is 10.2 Å². The van der Waals surface area contributed by atoms with Crippen molar-refractivity contribution in [1.82, 2.24) is 14.9 Å². The normalized spacial score (nSPS) is 22.2. The van der Waals surface area contributed by atoms with Crippen LogP contribution in [-0.2, 0) is 0 Å². The summed E-state index contributed by atoms with van der Waals surface area (Å²) in [5, 5.41) is 3.91. The number of nitrogens with zero attached hydrogens (tertiary/aromatic N) is 3. The highest BCUT2D eigenvalue weighted by Gasteiger charge is 2.42. The standard InChI is InChI=1S/C23H23FN4S/c24-18-9-3-4-11-20(18)28-22(16-12-14-27(15-16)17-7-1-2-8-17)21(26-23(28)29)19-10-5-6-13-25-19/h3-6,9-15,17,21-22H,1-2,7-8H2,(H,26,29)/t21-,22-/m1/s1. The molecule has 0 radical (unpaired) electrons. The Labute approximate surface area is 175 Å². The second-order valence-corrected chi connectivity index (χ2v) is 8.17. The molecule has 1 aliphatic heterocycles. The third kappa shape index (κ3) is 3.31. The average Bonchev–Trinajstić information content (AvgIpc) is 3.48. The van der Waals surface area contributed by atoms with E-state index >= 15 is 0 Å². The molecule has 2 aliphatic rings. The van der Waals surface area contributed by atoms with Crippen LogP contribution in [-0.4, -0.2) is 14.7 Å². The van der Waals surface area contributed by atoms with Crippen LogP contribution in [0.15, 0.2) is 67.1 Å². The smallest absolute Gasteiger partial charge is 0.174 e. The van der Waals surface area contributed by atoms with Gasteiger partial charge in [0.1, 0.15) is 5.82 Å². The van der Waals surface area contributed by atoms with Crippen LogP contribution >= 0.6 is 12.2 Å². The average molecular weight is 407 g/mol. The van der Waals surface area contributed by atoms with Crippen LogP contribution in [0, 0.1) is 5.82 Å². The molecule has 1 saturated carbocycles. The fourth-order valence-corrected chi connectivity index (χ4v) is 4.97. The minimum Gasteiger partial charge on any atom is -0.351 e. The van der Waals surface area contributed by atoms with Gasteiger partial charge in [0.2, 0.25) is 0 Å². The predicted molar refractivity (Wildman–Crippen MR) is 116 cm³/mol. The summed E-state index contributed by atoms with van der Waals surface area (Å²) in [5.41, 5.74) is 2.50. The number of pyridine rings is 1. The van der Waals surface area contributed by atoms with Gasteiger partial charge in [-0.25, -0.2) is 4.39 Å². The SMILES string of the molecule is Fc1ccccc1N1C(=S)N[C@H](c2ccccn2)[C@H]1c1ccn(C2CCCC2)c1. The molecule has 148 valence electrons. The van der Waals surface area contributed by atoms with Crippen molar-refractivity contribution >= 4 is 23.0 Å². The van der Waals surface area contributed by atoms with Crippen molar-refractivity contribution in [2.75, 3.05) is 4.90 Å². The van der Waals surface area contributed by atoms with Gasteiger partial charge in [0.25, 0.3) is 0 Å². The Morgan fingerprint density at radius 3 is 2.59 bits per heavy atom. The summed E-state index contributed by atoms with van der Waals surface area (Å²) in [6, 6.07) is 15.0. The Morgan fingerprint density at radius 1 is 1.03 bits per heavy atom. The van der Waals surface area contributed by atoms with Gasteiger partial charge >= 0.3 is 0 Å². The number of anilines is 1. The molecule has 0 amide bonds. The monoisotopic (exact) mass is 406 g/mol. The third-order valence-electron chi connectivity index (χ3n) is 6.04. The summed E-state index contributed by atoms with van der Waals surface area (Å²) in [5.74, 6) is -0.279. The van der Waals surface area contributed by atoms with Crippen LogP contribution in [0.5, 0.6) is 0 Å². The largest absolute Gasteiger partial charge is 0.351 e. The van der Waals surface area contributed by atoms with Crippen LogP contribution in [0.1, 0.15) is 55.1 Å². The molecule has 1 N–H and O–H groups in total. The van der Waals surface area contributed by atoms with Gasteiger partial charge in [-0.15, -0.1) is 0 Å². The molecule has 1 aromatic carbocycles. The van der Waals surface area contributed by atoms with Crippen molar-refractivity contribution in [2.45, 2.75) is 43.8 Å². The first-order valence-corrected chi connectivity index (χ1v) is 10.6. The molecule has 3 aromatic rings. The van der Waals surface area contributed by atoms with Crippen LogP contribution in [0.2, 0.25) is 0 Å². The highest BCUT2D eigenvalue weighted by molar-refractivity contribution is 7.80. The van der Waals surface area contributed by atoms with Crippen LogP contribution in [0.3, 0.4) is 0 Å². The summed E-state index contributed by atoms with van der Waals surface area (Å²) >= 11 is 5.66. The maximum absolute atomic E-state index is 14.7. The van der Waals surface area contributed by atoms with Gasteiger partial charge in [-0.05, 0) is 61.0 Å². The van der Waals surface area contributed by atoms with E-state index in [1.54, 1.807) is 18.3 Å². The second-order valence-electron chi connectivity index (χ2n) is 7.78. The van der Waals surface area contributed by atoms with Gasteiger partial charge in [-0.3, -0.25) is 4.98 Å². The van der Waals surface area contributed by atoms with Gasteiger partial charge in [-0.2, -0.15) is 0 Å². The Kier molecular flexibility index (Phi) is 4.79. The summed E-state index contributed by atoms with van der Waals surface area (Å²) in [6.45, 7) is 0. The maximum atomic E-state index is 14.7. The Balaban J connectivity index is 1.59. The molecular weight excluding hydrogens is 383 g/mol. The number of benzene rings is 1. The first-order chi connectivity index (χ1) is 14.2. The number of hydrogen-bond acceptors (Lipinski definition) is 2. The Morgan fingerprint density at radius 2 is 1.83 bits per heavy atom. The lowest BCUT2D eigenvalue weighted by atomic mass is 9.98. The summed E-state index contributed by atoms with van der Waals surface area (Å²) in [7, 11) is 0. The lowest BCUT2D eigenvalue weighted by molar-refractivity contribution is 0.514. The molecule has 1 aliphatic carbocycles. The summed E-state index contributed by atoms with van der Waals surface area (Å²) in [6.07, 6.45) is 11.1. The number of para-hydroxylation sites is 1. The van der Waals surface area contributed by atoms with Crippen molar-refractivity contribution in [1.29, 1.82) is 0 Å². The number of halogens is 1. The molecule has 1 saturated heterocycles. The van der Waals surface area contributed by atoms with E-state index in [2.05, 4.69) is 33.3 Å². The molecule has 5 rings (SSSR count). The lowest BCUT2D eigenvalue weighted by Crippen LogP contribution is -2.30. The van der Waals surface area contributed by atoms with E-state index in [4.69, 9.17) is 12.2 Å². The highest BCUT2D eigenvalue weighted by Crippen LogP contribution is 2.43. The van der Waals surface area contributed by atoms with Gasteiger partial charge in [0.05, 0.1) is 23.5 Å². The molecule has 0 bridgehead atoms. The van der Waals surface area contributed by atoms with E-state index in [9.17, 15) is 4.39 Å². The van der Waals surface area contributed by atoms with E-state index in [1.165, 1.54) is 31.7 Å². The van der Waals surface area contributed by atoms with Crippen LogP contribution in [0.4, 0.5) is 10.1 Å². The van der Waals surface area contributed by atoms with Crippen molar-refractivity contribution < 1.29 is 4.39 Å². The third-order valence-corrected chi connectivity index (χ3v) is 6.35. The quantitative estimate of drug-likeness (QED) is 0.595. The predicted octanol–water partition coefficient (Wildman–Crippen LogP) is 5.31. The zero-order valence-corrected chi connectivity index (χ0v) is 16.9. The first kappa shape index (κ1) is 18.3. The molecule has 6 heteroatoms. The Bertz CT molecular complexity index is 1010. The van der Waals surface area contributed by atoms with Crippen molar-refractivity contribution in [3.05, 3.63) is 84.2 Å². The Hall–Kier alpha value is -2.73. The number of nitrogens with one attached hydrogen (secondary N) is 1. The van der Waals surface area contributed by atoms with Crippen molar-refractivity contribution in [3.8, 4) is 0 Å². The lowest BCUT2D eigenvalue weighted by Gasteiger charge is -2.27. The fourth-order valence-electron chi connectivity index (χ4n) is 4.64. The van der Waals surface area contributed by atoms with Crippen molar-refractivity contribution in [2.24, 2.45) is 0 Å². The topological polar surface area (TPSA) is 33.1 Å². The van der Waals surface area contributed by atoms with Crippen LogP contribution in [0.25, 0.3) is 0 Å². The maximum Gasteiger partial charge on any atom is 0.174 e. The van der Waals surface area contributed by atoms with Gasteiger partial charge in [0.15, 0.2) is 5.11 Å². The fraction of sp³-hybridized carbons (Fsp3) is 0.304. The van der Waals surface area contributed by atoms with E-state index in [-0.39, 0.29) is 17.9 Å². The van der Waals surface area contributed by atoms with E-state index < -0.39 is 0 Å². The summed E-state index contributed by atoms with van der Waals surface area (Å²) < 4.78 is 17.1. The molecule has 2 aromatic heterocycles. The number of rotatable bonds is 4. The molecule has 0 spiro atoms. The van der Waals surface area contributed by atoms with Crippen molar-refractivity contribution in [3.63, 3.8) is 0 Å². The minimum atomic E-state index is -0.279. The molecule has 29 heavy (non-hydrogen) atoms. The number of thiocarbonyl (C=S) groups is 1. The summed E-state index contributed by atoms with van der Waals surface area (Å²) in [4.78, 5) is 6.46. The van der Waals surface area contributed by atoms with E-state index in [0.717, 1.165) is 11.3 Å². The van der Waals surface area contributed by atoms with Gasteiger partial charge in [0, 0.05) is 24.6 Å². The van der Waals surface area contributed by atoms with Gasteiger partial charge in [-0.1, -0.05) is 31.0 Å². The highest BCUT2D eigenvalue weighted by atomic mass is 32.1. The molecule has 3 heterocycles. The number of hydrogen-bond donors (Lipinski definition) is 1. The molecule has 0 unspecified atom stereocenters. The van der Waals surface area contributed by atoms with E-state index in [1.807, 2.05) is 29.2 Å². The first-order valence-electron chi connectivity index (χ1n) is 10.1. The zero-order valence-electron chi connectivity index (χ0n) is 16.0. The second kappa shape index (κ2) is 7.59. The molecule has 2 atom stereocenters. The minimum absolute atomic E-state index is 0.150. The number of aromatic nitrogens is 2. The van der Waals surface area contributed by atoms with E-state index in [0.29, 0.717) is 16.8 Å². The molecule has 2 fully saturated rings. The molecular formula is C23H23FN4S. The zero-order chi connectivity index (χ0) is 19.8. The molecule has 4 nitrogen and oxygen atoms in total. The van der Waals surface area contributed by atoms with Gasteiger partial charge < -0.3 is 14.8 Å².